The van der Waals surface area contributed by atoms with Crippen molar-refractivity contribution in [1.82, 2.24) is 5.32 Å². The summed E-state index contributed by atoms with van der Waals surface area (Å²) in [4.78, 5) is 0. The first kappa shape index (κ1) is 12.9. The summed E-state index contributed by atoms with van der Waals surface area (Å²) in [7, 11) is 3.79. The molecule has 0 radical (unpaired) electrons. The van der Waals surface area contributed by atoms with Gasteiger partial charge in [0, 0.05) is 7.11 Å². The molecule has 0 amide bonds. The average molecular weight is 215 g/mol. The zero-order valence-electron chi connectivity index (χ0n) is 10.3. The fourth-order valence-electron chi connectivity index (χ4n) is 2.18. The average Bonchev–Trinajstić information content (AvgIpc) is 2.27. The molecule has 90 valence electrons. The minimum Gasteiger partial charge on any atom is -0.381 e. The topological polar surface area (TPSA) is 30.5 Å². The van der Waals surface area contributed by atoms with E-state index in [0.717, 1.165) is 19.6 Å². The van der Waals surface area contributed by atoms with Crippen molar-refractivity contribution >= 4 is 0 Å². The first-order chi connectivity index (χ1) is 7.26. The smallest absolute Gasteiger partial charge is 0.0600 e. The Bertz CT molecular complexity index is 164. The van der Waals surface area contributed by atoms with Crippen molar-refractivity contribution in [2.24, 2.45) is 5.92 Å². The lowest BCUT2D eigenvalue weighted by molar-refractivity contribution is -0.0381. The van der Waals surface area contributed by atoms with E-state index in [1.807, 2.05) is 7.05 Å². The lowest BCUT2D eigenvalue weighted by atomic mass is 9.95. The van der Waals surface area contributed by atoms with Crippen molar-refractivity contribution in [3.8, 4) is 0 Å². The normalized spacial score (nSPS) is 29.0. The maximum atomic E-state index is 5.91. The summed E-state index contributed by atoms with van der Waals surface area (Å²) in [5.74, 6) is 0.595. The predicted octanol–water partition coefficient (Wildman–Crippen LogP) is 1.82. The van der Waals surface area contributed by atoms with Crippen molar-refractivity contribution in [2.45, 2.75) is 44.8 Å². The molecule has 1 fully saturated rings. The van der Waals surface area contributed by atoms with Gasteiger partial charge in [-0.15, -0.1) is 0 Å². The summed E-state index contributed by atoms with van der Waals surface area (Å²) in [6.45, 7) is 4.11. The quantitative estimate of drug-likeness (QED) is 0.733. The highest BCUT2D eigenvalue weighted by Gasteiger charge is 2.22. The molecule has 1 aliphatic rings. The molecule has 3 unspecified atom stereocenters. The number of rotatable bonds is 6. The van der Waals surface area contributed by atoms with Crippen molar-refractivity contribution in [2.75, 3.05) is 27.3 Å². The highest BCUT2D eigenvalue weighted by Crippen LogP contribution is 2.23. The van der Waals surface area contributed by atoms with E-state index in [0.29, 0.717) is 18.1 Å². The second-order valence-corrected chi connectivity index (χ2v) is 4.64. The van der Waals surface area contributed by atoms with Crippen molar-refractivity contribution < 1.29 is 9.47 Å². The van der Waals surface area contributed by atoms with Gasteiger partial charge in [-0.1, -0.05) is 6.92 Å². The molecular weight excluding hydrogens is 190 g/mol. The Balaban J connectivity index is 2.14. The highest BCUT2D eigenvalue weighted by molar-refractivity contribution is 4.73. The monoisotopic (exact) mass is 215 g/mol. The minimum atomic E-state index is 0.419. The summed E-state index contributed by atoms with van der Waals surface area (Å²) in [5.41, 5.74) is 0. The van der Waals surface area contributed by atoms with Gasteiger partial charge in [0.1, 0.15) is 0 Å². The van der Waals surface area contributed by atoms with Gasteiger partial charge in [-0.05, 0) is 45.2 Å². The Labute approximate surface area is 93.5 Å². The van der Waals surface area contributed by atoms with Gasteiger partial charge in [0.25, 0.3) is 0 Å². The molecule has 1 N–H and O–H groups in total. The predicted molar refractivity (Wildman–Crippen MR) is 62.1 cm³/mol. The van der Waals surface area contributed by atoms with Crippen molar-refractivity contribution in [3.63, 3.8) is 0 Å². The first-order valence-corrected chi connectivity index (χ1v) is 6.05. The maximum absolute atomic E-state index is 5.91. The second kappa shape index (κ2) is 7.20. The Morgan fingerprint density at radius 2 is 2.07 bits per heavy atom. The van der Waals surface area contributed by atoms with Gasteiger partial charge in [-0.25, -0.2) is 0 Å². The van der Waals surface area contributed by atoms with Gasteiger partial charge in [-0.2, -0.15) is 0 Å². The first-order valence-electron chi connectivity index (χ1n) is 6.05. The van der Waals surface area contributed by atoms with Crippen molar-refractivity contribution in [1.29, 1.82) is 0 Å². The van der Waals surface area contributed by atoms with Crippen LogP contribution in [0.25, 0.3) is 0 Å². The molecule has 0 aromatic rings. The van der Waals surface area contributed by atoms with E-state index in [-0.39, 0.29) is 0 Å². The molecule has 1 saturated carbocycles. The number of nitrogens with one attached hydrogen (secondary N) is 1. The van der Waals surface area contributed by atoms with Crippen LogP contribution in [-0.4, -0.2) is 39.5 Å². The van der Waals surface area contributed by atoms with Crippen LogP contribution >= 0.6 is 0 Å². The van der Waals surface area contributed by atoms with Gasteiger partial charge in [0.05, 0.1) is 18.8 Å². The van der Waals surface area contributed by atoms with Crippen LogP contribution in [0.15, 0.2) is 0 Å². The van der Waals surface area contributed by atoms with E-state index in [4.69, 9.17) is 9.47 Å². The van der Waals surface area contributed by atoms with E-state index in [1.54, 1.807) is 7.11 Å². The van der Waals surface area contributed by atoms with E-state index in [2.05, 4.69) is 12.2 Å². The van der Waals surface area contributed by atoms with Crippen LogP contribution < -0.4 is 5.32 Å². The zero-order valence-corrected chi connectivity index (χ0v) is 10.3. The van der Waals surface area contributed by atoms with E-state index >= 15 is 0 Å². The van der Waals surface area contributed by atoms with Gasteiger partial charge in [-0.3, -0.25) is 0 Å². The minimum absolute atomic E-state index is 0.419. The van der Waals surface area contributed by atoms with Gasteiger partial charge in [0.15, 0.2) is 0 Å². The van der Waals surface area contributed by atoms with E-state index in [1.165, 1.54) is 19.3 Å². The highest BCUT2D eigenvalue weighted by atomic mass is 16.5. The van der Waals surface area contributed by atoms with Crippen LogP contribution in [0.2, 0.25) is 0 Å². The number of hydrogen-bond donors (Lipinski definition) is 1. The molecule has 0 saturated heterocycles. The van der Waals surface area contributed by atoms with E-state index < -0.39 is 0 Å². The van der Waals surface area contributed by atoms with Crippen LogP contribution in [0.4, 0.5) is 0 Å². The summed E-state index contributed by atoms with van der Waals surface area (Å²) < 4.78 is 11.3. The number of methoxy groups -OCH3 is 1. The Morgan fingerprint density at radius 3 is 2.73 bits per heavy atom. The molecule has 3 atom stereocenters. The fourth-order valence-corrected chi connectivity index (χ4v) is 2.18. The summed E-state index contributed by atoms with van der Waals surface area (Å²) >= 11 is 0. The van der Waals surface area contributed by atoms with Crippen LogP contribution in [0, 0.1) is 5.92 Å². The zero-order chi connectivity index (χ0) is 11.1. The standard InChI is InChI=1S/C12H25NO2/c1-10(8-13-2)9-15-12-6-4-5-11(7-12)14-3/h10-13H,4-9H2,1-3H3. The van der Waals surface area contributed by atoms with Gasteiger partial charge >= 0.3 is 0 Å². The molecule has 0 aromatic carbocycles. The molecule has 3 nitrogen and oxygen atoms in total. The fraction of sp³-hybridized carbons (Fsp3) is 1.00. The Morgan fingerprint density at radius 1 is 1.33 bits per heavy atom. The lowest BCUT2D eigenvalue weighted by Gasteiger charge is -2.29. The summed E-state index contributed by atoms with van der Waals surface area (Å²) in [6, 6.07) is 0. The largest absolute Gasteiger partial charge is 0.381 e. The third-order valence-electron chi connectivity index (χ3n) is 3.08. The molecule has 0 spiro atoms. The SMILES string of the molecule is CNCC(C)COC1CCCC(OC)C1. The van der Waals surface area contributed by atoms with Crippen LogP contribution in [0.3, 0.4) is 0 Å². The third kappa shape index (κ3) is 4.96. The van der Waals surface area contributed by atoms with Crippen molar-refractivity contribution in [3.05, 3.63) is 0 Å². The second-order valence-electron chi connectivity index (χ2n) is 4.64. The molecule has 0 bridgehead atoms. The molecule has 1 rings (SSSR count). The van der Waals surface area contributed by atoms with Crippen LogP contribution in [0.5, 0.6) is 0 Å². The number of hydrogen-bond acceptors (Lipinski definition) is 3. The maximum Gasteiger partial charge on any atom is 0.0600 e. The summed E-state index contributed by atoms with van der Waals surface area (Å²) in [5, 5.41) is 3.17. The molecular formula is C12H25NO2. The van der Waals surface area contributed by atoms with Gasteiger partial charge in [0.2, 0.25) is 0 Å². The molecule has 1 aliphatic carbocycles. The molecule has 0 aromatic heterocycles. The van der Waals surface area contributed by atoms with E-state index in [9.17, 15) is 0 Å². The number of ether oxygens (including phenoxy) is 2. The van der Waals surface area contributed by atoms with Crippen LogP contribution in [-0.2, 0) is 9.47 Å². The van der Waals surface area contributed by atoms with Crippen LogP contribution in [0.1, 0.15) is 32.6 Å². The molecule has 0 aliphatic heterocycles. The Kier molecular flexibility index (Phi) is 6.22. The molecule has 3 heteroatoms. The van der Waals surface area contributed by atoms with Gasteiger partial charge < -0.3 is 14.8 Å². The Hall–Kier alpha value is -0.120. The third-order valence-corrected chi connectivity index (χ3v) is 3.08. The lowest BCUT2D eigenvalue weighted by Crippen LogP contribution is -2.30. The molecule has 0 heterocycles. The summed E-state index contributed by atoms with van der Waals surface area (Å²) in [6.07, 6.45) is 5.55. The molecule has 15 heavy (non-hydrogen) atoms.